The third-order valence-corrected chi connectivity index (χ3v) is 5.96. The smallest absolute Gasteiger partial charge is 0.223 e. The van der Waals surface area contributed by atoms with Gasteiger partial charge in [-0.05, 0) is 25.0 Å². The van der Waals surface area contributed by atoms with E-state index in [4.69, 9.17) is 10.5 Å². The van der Waals surface area contributed by atoms with Crippen LogP contribution < -0.4 is 16.0 Å². The number of benzene rings is 1. The molecule has 0 saturated carbocycles. The first kappa shape index (κ1) is 19.1. The molecule has 4 heterocycles. The average molecular weight is 409 g/mol. The Hall–Kier alpha value is -2.91. The van der Waals surface area contributed by atoms with Gasteiger partial charge in [-0.25, -0.2) is 4.98 Å². The Morgan fingerprint density at radius 1 is 1.07 bits per heavy atom. The van der Waals surface area contributed by atoms with Gasteiger partial charge in [0, 0.05) is 38.3 Å². The summed E-state index contributed by atoms with van der Waals surface area (Å²) in [6, 6.07) is 10.6. The predicted octanol–water partition coefficient (Wildman–Crippen LogP) is 1.85. The van der Waals surface area contributed by atoms with Crippen molar-refractivity contribution in [3.05, 3.63) is 36.2 Å². The quantitative estimate of drug-likeness (QED) is 0.587. The summed E-state index contributed by atoms with van der Waals surface area (Å²) >= 11 is 0. The SMILES string of the molecule is Nc1nc(NCc2nc3ccccc3[nH]2)cc(N2CCC(N3CCOCC3)CC2)n1. The molecule has 0 atom stereocenters. The highest BCUT2D eigenvalue weighted by atomic mass is 16.5. The molecular weight excluding hydrogens is 380 g/mol. The normalized spacial score (nSPS) is 18.7. The zero-order chi connectivity index (χ0) is 20.3. The lowest BCUT2D eigenvalue weighted by Gasteiger charge is -2.40. The van der Waals surface area contributed by atoms with Gasteiger partial charge in [0.05, 0.1) is 30.8 Å². The van der Waals surface area contributed by atoms with Crippen LogP contribution in [-0.4, -0.2) is 70.3 Å². The summed E-state index contributed by atoms with van der Waals surface area (Å²) in [7, 11) is 0. The molecule has 3 aromatic rings. The monoisotopic (exact) mass is 408 g/mol. The van der Waals surface area contributed by atoms with E-state index in [1.165, 1.54) is 0 Å². The highest BCUT2D eigenvalue weighted by Gasteiger charge is 2.26. The summed E-state index contributed by atoms with van der Waals surface area (Å²) < 4.78 is 5.48. The van der Waals surface area contributed by atoms with Crippen molar-refractivity contribution < 1.29 is 4.74 Å². The molecule has 0 radical (unpaired) electrons. The molecule has 9 heteroatoms. The highest BCUT2D eigenvalue weighted by Crippen LogP contribution is 2.24. The van der Waals surface area contributed by atoms with Crippen molar-refractivity contribution in [2.45, 2.75) is 25.4 Å². The molecule has 0 amide bonds. The molecule has 2 saturated heterocycles. The van der Waals surface area contributed by atoms with Crippen molar-refractivity contribution in [2.75, 3.05) is 55.3 Å². The summed E-state index contributed by atoms with van der Waals surface area (Å²) in [4.78, 5) is 21.6. The summed E-state index contributed by atoms with van der Waals surface area (Å²) in [5, 5.41) is 3.33. The third kappa shape index (κ3) is 4.17. The van der Waals surface area contributed by atoms with Crippen molar-refractivity contribution in [3.8, 4) is 0 Å². The van der Waals surface area contributed by atoms with E-state index in [9.17, 15) is 0 Å². The molecule has 0 aliphatic carbocycles. The van der Waals surface area contributed by atoms with E-state index < -0.39 is 0 Å². The Morgan fingerprint density at radius 3 is 2.67 bits per heavy atom. The van der Waals surface area contributed by atoms with E-state index >= 15 is 0 Å². The van der Waals surface area contributed by atoms with Gasteiger partial charge >= 0.3 is 0 Å². The number of nitrogens with two attached hydrogens (primary N) is 1. The first-order chi connectivity index (χ1) is 14.7. The van der Waals surface area contributed by atoms with Crippen molar-refractivity contribution in [1.82, 2.24) is 24.8 Å². The van der Waals surface area contributed by atoms with Crippen LogP contribution in [0.15, 0.2) is 30.3 Å². The van der Waals surface area contributed by atoms with Gasteiger partial charge in [-0.3, -0.25) is 4.90 Å². The molecule has 0 spiro atoms. The number of hydrogen-bond donors (Lipinski definition) is 3. The van der Waals surface area contributed by atoms with Crippen LogP contribution in [-0.2, 0) is 11.3 Å². The largest absolute Gasteiger partial charge is 0.379 e. The van der Waals surface area contributed by atoms with Crippen LogP contribution in [0.1, 0.15) is 18.7 Å². The number of nitrogens with one attached hydrogen (secondary N) is 2. The molecule has 1 aromatic carbocycles. The van der Waals surface area contributed by atoms with Crippen LogP contribution in [0.3, 0.4) is 0 Å². The second-order valence-corrected chi connectivity index (χ2v) is 7.89. The van der Waals surface area contributed by atoms with E-state index in [1.807, 2.05) is 30.3 Å². The lowest BCUT2D eigenvalue weighted by atomic mass is 10.0. The molecule has 4 N–H and O–H groups in total. The zero-order valence-electron chi connectivity index (χ0n) is 17.0. The van der Waals surface area contributed by atoms with Gasteiger partial charge in [0.25, 0.3) is 0 Å². The van der Waals surface area contributed by atoms with Crippen molar-refractivity contribution in [1.29, 1.82) is 0 Å². The van der Waals surface area contributed by atoms with E-state index in [1.54, 1.807) is 0 Å². The van der Waals surface area contributed by atoms with E-state index in [-0.39, 0.29) is 5.95 Å². The minimum absolute atomic E-state index is 0.287. The first-order valence-electron chi connectivity index (χ1n) is 10.6. The van der Waals surface area contributed by atoms with Gasteiger partial charge in [0.15, 0.2) is 0 Å². The minimum Gasteiger partial charge on any atom is -0.379 e. The molecule has 2 aliphatic heterocycles. The molecule has 2 aromatic heterocycles. The van der Waals surface area contributed by atoms with E-state index in [2.05, 4.69) is 35.1 Å². The molecule has 30 heavy (non-hydrogen) atoms. The van der Waals surface area contributed by atoms with Crippen molar-refractivity contribution in [2.24, 2.45) is 0 Å². The number of para-hydroxylation sites is 2. The number of nitrogen functional groups attached to an aromatic ring is 1. The van der Waals surface area contributed by atoms with Gasteiger partial charge in [-0.15, -0.1) is 0 Å². The first-order valence-corrected chi connectivity index (χ1v) is 10.6. The van der Waals surface area contributed by atoms with E-state index in [0.717, 1.165) is 74.9 Å². The summed E-state index contributed by atoms with van der Waals surface area (Å²) in [5.74, 6) is 2.75. The number of morpholine rings is 1. The number of piperidine rings is 1. The van der Waals surface area contributed by atoms with Crippen LogP contribution in [0.25, 0.3) is 11.0 Å². The van der Waals surface area contributed by atoms with Gasteiger partial charge in [-0.2, -0.15) is 9.97 Å². The number of rotatable bonds is 5. The van der Waals surface area contributed by atoms with Crippen molar-refractivity contribution >= 4 is 28.6 Å². The molecule has 0 bridgehead atoms. The molecule has 0 unspecified atom stereocenters. The number of H-pyrrole nitrogens is 1. The van der Waals surface area contributed by atoms with Crippen LogP contribution >= 0.6 is 0 Å². The molecule has 2 fully saturated rings. The van der Waals surface area contributed by atoms with Crippen LogP contribution in [0.5, 0.6) is 0 Å². The van der Waals surface area contributed by atoms with Gasteiger partial charge < -0.3 is 25.7 Å². The van der Waals surface area contributed by atoms with Crippen LogP contribution in [0.2, 0.25) is 0 Å². The maximum absolute atomic E-state index is 6.01. The van der Waals surface area contributed by atoms with Gasteiger partial charge in [0.1, 0.15) is 17.5 Å². The predicted molar refractivity (Wildman–Crippen MR) is 117 cm³/mol. The highest BCUT2D eigenvalue weighted by molar-refractivity contribution is 5.74. The number of hydrogen-bond acceptors (Lipinski definition) is 8. The second-order valence-electron chi connectivity index (χ2n) is 7.89. The number of imidazole rings is 1. The molecule has 5 rings (SSSR count). The van der Waals surface area contributed by atoms with Crippen molar-refractivity contribution in [3.63, 3.8) is 0 Å². The number of fused-ring (bicyclic) bond motifs is 1. The molecule has 158 valence electrons. The minimum atomic E-state index is 0.287. The Morgan fingerprint density at radius 2 is 1.87 bits per heavy atom. The third-order valence-electron chi connectivity index (χ3n) is 5.96. The maximum Gasteiger partial charge on any atom is 0.223 e. The van der Waals surface area contributed by atoms with Crippen LogP contribution in [0.4, 0.5) is 17.6 Å². The lowest BCUT2D eigenvalue weighted by Crippen LogP contribution is -2.49. The standard InChI is InChI=1S/C21H28N8O/c22-21-26-18(23-14-19-24-16-3-1-2-4-17(16)25-19)13-20(27-21)29-7-5-15(6-8-29)28-9-11-30-12-10-28/h1-4,13,15H,5-12,14H2,(H,24,25)(H3,22,23,26,27). The molecular formula is C21H28N8O. The Kier molecular flexibility index (Phi) is 5.37. The summed E-state index contributed by atoms with van der Waals surface area (Å²) in [5.41, 5.74) is 7.99. The molecule has 2 aliphatic rings. The average Bonchev–Trinajstić information content (AvgIpc) is 3.21. The fraction of sp³-hybridized carbons (Fsp3) is 0.476. The van der Waals surface area contributed by atoms with Gasteiger partial charge in [0.2, 0.25) is 5.95 Å². The fourth-order valence-electron chi connectivity index (χ4n) is 4.37. The fourth-order valence-corrected chi connectivity index (χ4v) is 4.37. The molecule has 9 nitrogen and oxygen atoms in total. The van der Waals surface area contributed by atoms with Gasteiger partial charge in [-0.1, -0.05) is 12.1 Å². The number of nitrogens with zero attached hydrogens (tertiary/aromatic N) is 5. The second kappa shape index (κ2) is 8.45. The number of anilines is 3. The Labute approximate surface area is 175 Å². The summed E-state index contributed by atoms with van der Waals surface area (Å²) in [6.07, 6.45) is 2.26. The lowest BCUT2D eigenvalue weighted by molar-refractivity contribution is 0.0115. The zero-order valence-corrected chi connectivity index (χ0v) is 17.0. The Bertz CT molecular complexity index is 959. The topological polar surface area (TPSA) is 108 Å². The number of aromatic nitrogens is 4. The number of aromatic amines is 1. The number of ether oxygens (including phenoxy) is 1. The maximum atomic E-state index is 6.01. The van der Waals surface area contributed by atoms with Crippen LogP contribution in [0, 0.1) is 0 Å². The Balaban J connectivity index is 1.22. The summed E-state index contributed by atoms with van der Waals surface area (Å²) in [6.45, 7) is 6.28. The van der Waals surface area contributed by atoms with E-state index in [0.29, 0.717) is 18.4 Å².